The number of hydrogen-bond acceptors (Lipinski definition) is 3. The molecule has 1 aliphatic heterocycles. The largest absolute Gasteiger partial charge is 0.381 e. The zero-order valence-corrected chi connectivity index (χ0v) is 8.25. The van der Waals surface area contributed by atoms with Gasteiger partial charge in [-0.2, -0.15) is 5.26 Å². The summed E-state index contributed by atoms with van der Waals surface area (Å²) < 4.78 is 5.27. The van der Waals surface area contributed by atoms with Crippen molar-refractivity contribution in [1.82, 2.24) is 5.32 Å². The van der Waals surface area contributed by atoms with E-state index in [4.69, 9.17) is 10.00 Å². The molecule has 13 heavy (non-hydrogen) atoms. The number of nitriles is 1. The number of hydrogen-bond donors (Lipinski definition) is 1. The first-order valence-corrected chi connectivity index (χ1v) is 5.07. The molecule has 74 valence electrons. The van der Waals surface area contributed by atoms with Crippen LogP contribution in [0.5, 0.6) is 0 Å². The van der Waals surface area contributed by atoms with Crippen molar-refractivity contribution in [1.29, 1.82) is 5.26 Å². The highest BCUT2D eigenvalue weighted by atomic mass is 16.5. The molecule has 0 aromatic carbocycles. The van der Waals surface area contributed by atoms with E-state index in [0.717, 1.165) is 32.5 Å². The van der Waals surface area contributed by atoms with Gasteiger partial charge in [0.15, 0.2) is 0 Å². The Morgan fingerprint density at radius 2 is 2.23 bits per heavy atom. The third-order valence-corrected chi connectivity index (χ3v) is 2.52. The van der Waals surface area contributed by atoms with E-state index in [1.165, 1.54) is 0 Å². The number of nitrogens with zero attached hydrogens (tertiary/aromatic N) is 1. The van der Waals surface area contributed by atoms with Gasteiger partial charge in [-0.25, -0.2) is 0 Å². The van der Waals surface area contributed by atoms with Crippen molar-refractivity contribution >= 4 is 0 Å². The Morgan fingerprint density at radius 3 is 2.77 bits per heavy atom. The lowest BCUT2D eigenvalue weighted by Crippen LogP contribution is -2.41. The van der Waals surface area contributed by atoms with Gasteiger partial charge in [-0.05, 0) is 19.3 Å². The molecule has 3 heteroatoms. The first kappa shape index (κ1) is 10.5. The summed E-state index contributed by atoms with van der Waals surface area (Å²) in [6, 6.07) is 3.15. The average molecular weight is 182 g/mol. The smallest absolute Gasteiger partial charge is 0.0638 e. The standard InChI is InChI=1S/C10H18N2O/c1-2-9(3-6-11)12-10-4-7-13-8-5-10/h9-10,12H,2-5,7-8H2,1H3. The topological polar surface area (TPSA) is 45.0 Å². The monoisotopic (exact) mass is 182 g/mol. The summed E-state index contributed by atoms with van der Waals surface area (Å²) in [4.78, 5) is 0. The maximum Gasteiger partial charge on any atom is 0.0638 e. The molecule has 1 saturated heterocycles. The second-order valence-electron chi connectivity index (χ2n) is 3.52. The van der Waals surface area contributed by atoms with Gasteiger partial charge in [0.2, 0.25) is 0 Å². The molecule has 1 N–H and O–H groups in total. The number of nitrogens with one attached hydrogen (secondary N) is 1. The molecule has 0 saturated carbocycles. The van der Waals surface area contributed by atoms with E-state index in [1.54, 1.807) is 0 Å². The highest BCUT2D eigenvalue weighted by Crippen LogP contribution is 2.09. The van der Waals surface area contributed by atoms with Crippen LogP contribution in [0.2, 0.25) is 0 Å². The van der Waals surface area contributed by atoms with Crippen LogP contribution in [-0.4, -0.2) is 25.3 Å². The van der Waals surface area contributed by atoms with Crippen molar-refractivity contribution in [3.05, 3.63) is 0 Å². The quantitative estimate of drug-likeness (QED) is 0.715. The molecule has 1 rings (SSSR count). The molecule has 0 bridgehead atoms. The van der Waals surface area contributed by atoms with Crippen molar-refractivity contribution in [3.8, 4) is 6.07 Å². The van der Waals surface area contributed by atoms with Crippen LogP contribution in [0.3, 0.4) is 0 Å². The highest BCUT2D eigenvalue weighted by Gasteiger charge is 2.16. The van der Waals surface area contributed by atoms with Gasteiger partial charge in [0.1, 0.15) is 0 Å². The number of ether oxygens (including phenoxy) is 1. The first-order chi connectivity index (χ1) is 6.36. The minimum atomic E-state index is 0.369. The van der Waals surface area contributed by atoms with Crippen LogP contribution in [0.25, 0.3) is 0 Å². The Bertz CT molecular complexity index is 170. The van der Waals surface area contributed by atoms with Gasteiger partial charge in [0.25, 0.3) is 0 Å². The van der Waals surface area contributed by atoms with Gasteiger partial charge < -0.3 is 10.1 Å². The molecule has 0 aromatic heterocycles. The van der Waals surface area contributed by atoms with E-state index < -0.39 is 0 Å². The molecule has 1 heterocycles. The van der Waals surface area contributed by atoms with E-state index in [0.29, 0.717) is 18.5 Å². The lowest BCUT2D eigenvalue weighted by molar-refractivity contribution is 0.0748. The third-order valence-electron chi connectivity index (χ3n) is 2.52. The summed E-state index contributed by atoms with van der Waals surface area (Å²) in [7, 11) is 0. The predicted octanol–water partition coefficient (Wildman–Crippen LogP) is 1.45. The average Bonchev–Trinajstić information content (AvgIpc) is 2.19. The maximum atomic E-state index is 8.58. The molecule has 0 aliphatic carbocycles. The molecule has 0 aromatic rings. The Kier molecular flexibility index (Phi) is 4.81. The molecular formula is C10H18N2O. The third kappa shape index (κ3) is 3.75. The fraction of sp³-hybridized carbons (Fsp3) is 0.900. The summed E-state index contributed by atoms with van der Waals surface area (Å²) >= 11 is 0. The lowest BCUT2D eigenvalue weighted by Gasteiger charge is -2.26. The maximum absolute atomic E-state index is 8.58. The van der Waals surface area contributed by atoms with Crippen LogP contribution in [0.1, 0.15) is 32.6 Å². The molecule has 1 unspecified atom stereocenters. The SMILES string of the molecule is CCC(CC#N)NC1CCOCC1. The van der Waals surface area contributed by atoms with Crippen LogP contribution in [-0.2, 0) is 4.74 Å². The normalized spacial score (nSPS) is 20.9. The van der Waals surface area contributed by atoms with Gasteiger partial charge >= 0.3 is 0 Å². The Balaban J connectivity index is 2.23. The van der Waals surface area contributed by atoms with Crippen LogP contribution in [0, 0.1) is 11.3 Å². The predicted molar refractivity (Wildman–Crippen MR) is 51.3 cm³/mol. The van der Waals surface area contributed by atoms with Gasteiger partial charge in [-0.1, -0.05) is 6.92 Å². The van der Waals surface area contributed by atoms with E-state index in [2.05, 4.69) is 18.3 Å². The van der Waals surface area contributed by atoms with Crippen LogP contribution in [0.4, 0.5) is 0 Å². The molecule has 3 nitrogen and oxygen atoms in total. The van der Waals surface area contributed by atoms with Crippen molar-refractivity contribution in [2.45, 2.75) is 44.7 Å². The van der Waals surface area contributed by atoms with E-state index in [9.17, 15) is 0 Å². The van der Waals surface area contributed by atoms with Crippen LogP contribution in [0.15, 0.2) is 0 Å². The van der Waals surface area contributed by atoms with Crippen molar-refractivity contribution < 1.29 is 4.74 Å². The summed E-state index contributed by atoms with van der Waals surface area (Å²) in [5.74, 6) is 0. The minimum Gasteiger partial charge on any atom is -0.381 e. The van der Waals surface area contributed by atoms with Crippen LogP contribution >= 0.6 is 0 Å². The fourth-order valence-corrected chi connectivity index (χ4v) is 1.63. The summed E-state index contributed by atoms with van der Waals surface area (Å²) in [5, 5.41) is 12.1. The molecule has 0 spiro atoms. The molecule has 0 amide bonds. The molecule has 1 fully saturated rings. The second-order valence-corrected chi connectivity index (χ2v) is 3.52. The molecule has 0 radical (unpaired) electrons. The lowest BCUT2D eigenvalue weighted by atomic mass is 10.1. The molecule has 1 aliphatic rings. The van der Waals surface area contributed by atoms with E-state index in [1.807, 2.05) is 0 Å². The molecular weight excluding hydrogens is 164 g/mol. The zero-order valence-electron chi connectivity index (χ0n) is 8.25. The minimum absolute atomic E-state index is 0.369. The summed E-state index contributed by atoms with van der Waals surface area (Å²) in [5.41, 5.74) is 0. The Hall–Kier alpha value is -0.590. The zero-order chi connectivity index (χ0) is 9.52. The van der Waals surface area contributed by atoms with Gasteiger partial charge in [0.05, 0.1) is 12.5 Å². The number of rotatable bonds is 4. The van der Waals surface area contributed by atoms with E-state index >= 15 is 0 Å². The van der Waals surface area contributed by atoms with Gasteiger partial charge in [-0.15, -0.1) is 0 Å². The van der Waals surface area contributed by atoms with Crippen LogP contribution < -0.4 is 5.32 Å². The first-order valence-electron chi connectivity index (χ1n) is 5.07. The Labute approximate surface area is 80.1 Å². The summed E-state index contributed by atoms with van der Waals surface area (Å²) in [6.07, 6.45) is 3.82. The van der Waals surface area contributed by atoms with Gasteiger partial charge in [-0.3, -0.25) is 0 Å². The molecule has 1 atom stereocenters. The Morgan fingerprint density at radius 1 is 1.54 bits per heavy atom. The van der Waals surface area contributed by atoms with Crippen molar-refractivity contribution in [3.63, 3.8) is 0 Å². The summed E-state index contributed by atoms with van der Waals surface area (Å²) in [6.45, 7) is 3.84. The second kappa shape index (κ2) is 5.95. The fourth-order valence-electron chi connectivity index (χ4n) is 1.63. The highest BCUT2D eigenvalue weighted by molar-refractivity contribution is 4.83. The van der Waals surface area contributed by atoms with E-state index in [-0.39, 0.29) is 0 Å². The van der Waals surface area contributed by atoms with Gasteiger partial charge in [0, 0.05) is 25.3 Å². The van der Waals surface area contributed by atoms with Crippen molar-refractivity contribution in [2.24, 2.45) is 0 Å². The van der Waals surface area contributed by atoms with Crippen molar-refractivity contribution in [2.75, 3.05) is 13.2 Å².